The normalized spacial score (nSPS) is 11.3. The molecule has 4 heteroatoms. The average Bonchev–Trinajstić information content (AvgIpc) is 3.57. The van der Waals surface area contributed by atoms with Gasteiger partial charge in [-0.15, -0.1) is 0 Å². The van der Waals surface area contributed by atoms with Crippen LogP contribution < -0.4 is 0 Å². The van der Waals surface area contributed by atoms with E-state index in [9.17, 15) is 0 Å². The number of rotatable bonds is 6. The fraction of sp³-hybridized carbons (Fsp3) is 0. The Balaban J connectivity index is 1.10. The first-order valence-electron chi connectivity index (χ1n) is 16.4. The van der Waals surface area contributed by atoms with Crippen molar-refractivity contribution < 1.29 is 4.42 Å². The summed E-state index contributed by atoms with van der Waals surface area (Å²) in [6.07, 6.45) is 0. The summed E-state index contributed by atoms with van der Waals surface area (Å²) in [6.45, 7) is 0. The van der Waals surface area contributed by atoms with Crippen LogP contribution in [0.15, 0.2) is 180 Å². The fourth-order valence-electron chi connectivity index (χ4n) is 6.45. The van der Waals surface area contributed by atoms with Gasteiger partial charge in [0.2, 0.25) is 0 Å². The molecule has 2 heterocycles. The molecule has 0 saturated heterocycles. The van der Waals surface area contributed by atoms with Crippen molar-refractivity contribution in [3.8, 4) is 67.5 Å². The third-order valence-electron chi connectivity index (χ3n) is 8.95. The van der Waals surface area contributed by atoms with Crippen LogP contribution in [0.5, 0.6) is 0 Å². The molecule has 9 rings (SSSR count). The summed E-state index contributed by atoms with van der Waals surface area (Å²) in [5.74, 6) is 1.89. The Morgan fingerprint density at radius 2 is 0.776 bits per heavy atom. The smallest absolute Gasteiger partial charge is 0.164 e. The third kappa shape index (κ3) is 5.45. The van der Waals surface area contributed by atoms with Crippen molar-refractivity contribution in [2.45, 2.75) is 0 Å². The molecule has 0 bridgehead atoms. The SMILES string of the molecule is c1ccc(-c2cccc(-c3ccc(-c4cccc5c4oc4ccc(-c6nc(-c7ccccc7)nc(-c7ccccc7)n6)cc45)cc3)c2)cc1. The first kappa shape index (κ1) is 28.6. The summed E-state index contributed by atoms with van der Waals surface area (Å²) in [7, 11) is 0. The summed E-state index contributed by atoms with van der Waals surface area (Å²) in [5, 5.41) is 2.07. The van der Waals surface area contributed by atoms with E-state index in [-0.39, 0.29) is 0 Å². The number of nitrogens with zero attached hydrogens (tertiary/aromatic N) is 3. The van der Waals surface area contributed by atoms with Crippen LogP contribution in [0.1, 0.15) is 0 Å². The lowest BCUT2D eigenvalue weighted by atomic mass is 9.96. The Hall–Kier alpha value is -6.65. The molecule has 0 aliphatic carbocycles. The fourth-order valence-corrected chi connectivity index (χ4v) is 6.45. The minimum atomic E-state index is 0.618. The quantitative estimate of drug-likeness (QED) is 0.184. The number of fused-ring (bicyclic) bond motifs is 3. The van der Waals surface area contributed by atoms with Crippen LogP contribution in [0.2, 0.25) is 0 Å². The van der Waals surface area contributed by atoms with Gasteiger partial charge in [0.15, 0.2) is 17.5 Å². The minimum Gasteiger partial charge on any atom is -0.455 e. The van der Waals surface area contributed by atoms with E-state index < -0.39 is 0 Å². The molecular formula is C45H29N3O. The highest BCUT2D eigenvalue weighted by Gasteiger charge is 2.16. The molecule has 0 aliphatic heterocycles. The van der Waals surface area contributed by atoms with Gasteiger partial charge in [-0.1, -0.05) is 152 Å². The zero-order chi connectivity index (χ0) is 32.6. The second-order valence-corrected chi connectivity index (χ2v) is 12.1. The maximum absolute atomic E-state index is 6.54. The van der Waals surface area contributed by atoms with Crippen LogP contribution in [0, 0.1) is 0 Å². The van der Waals surface area contributed by atoms with Gasteiger partial charge in [0, 0.05) is 33.0 Å². The van der Waals surface area contributed by atoms with Crippen LogP contribution >= 0.6 is 0 Å². The zero-order valence-corrected chi connectivity index (χ0v) is 26.5. The molecule has 0 saturated carbocycles. The van der Waals surface area contributed by atoms with Crippen molar-refractivity contribution in [2.24, 2.45) is 0 Å². The lowest BCUT2D eigenvalue weighted by Crippen LogP contribution is -2.00. The van der Waals surface area contributed by atoms with Crippen molar-refractivity contribution in [3.63, 3.8) is 0 Å². The van der Waals surface area contributed by atoms with Crippen molar-refractivity contribution in [1.82, 2.24) is 15.0 Å². The Morgan fingerprint density at radius 1 is 0.306 bits per heavy atom. The predicted molar refractivity (Wildman–Crippen MR) is 200 cm³/mol. The van der Waals surface area contributed by atoms with E-state index >= 15 is 0 Å². The standard InChI is InChI=1S/C45H29N3O/c1-4-12-30(13-5-1)35-18-10-19-36(28-35)31-22-24-32(25-23-31)38-20-11-21-39-40-29-37(26-27-41(40)49-42(38)39)45-47-43(33-14-6-2-7-15-33)46-44(48-45)34-16-8-3-9-17-34/h1-29H. The Bertz CT molecular complexity index is 2520. The van der Waals surface area contributed by atoms with Gasteiger partial charge in [-0.2, -0.15) is 0 Å². The van der Waals surface area contributed by atoms with Crippen LogP contribution in [-0.2, 0) is 0 Å². The van der Waals surface area contributed by atoms with Crippen molar-refractivity contribution in [1.29, 1.82) is 0 Å². The maximum atomic E-state index is 6.54. The minimum absolute atomic E-state index is 0.618. The van der Waals surface area contributed by atoms with Gasteiger partial charge < -0.3 is 4.42 Å². The summed E-state index contributed by atoms with van der Waals surface area (Å²) < 4.78 is 6.54. The Kier molecular flexibility index (Phi) is 7.10. The maximum Gasteiger partial charge on any atom is 0.164 e. The topological polar surface area (TPSA) is 51.8 Å². The summed E-state index contributed by atoms with van der Waals surface area (Å²) >= 11 is 0. The molecule has 0 unspecified atom stereocenters. The number of hydrogen-bond donors (Lipinski definition) is 0. The van der Waals surface area contributed by atoms with Gasteiger partial charge >= 0.3 is 0 Å². The number of para-hydroxylation sites is 1. The molecule has 0 aliphatic rings. The molecule has 49 heavy (non-hydrogen) atoms. The molecule has 230 valence electrons. The highest BCUT2D eigenvalue weighted by molar-refractivity contribution is 6.10. The first-order chi connectivity index (χ1) is 24.3. The first-order valence-corrected chi connectivity index (χ1v) is 16.4. The molecule has 4 nitrogen and oxygen atoms in total. The predicted octanol–water partition coefficient (Wildman–Crippen LogP) is 11.8. The molecule has 0 radical (unpaired) electrons. The number of hydrogen-bond acceptors (Lipinski definition) is 4. The number of furan rings is 1. The molecule has 0 amide bonds. The highest BCUT2D eigenvalue weighted by atomic mass is 16.3. The zero-order valence-electron chi connectivity index (χ0n) is 26.5. The molecule has 0 N–H and O–H groups in total. The van der Waals surface area contributed by atoms with Crippen LogP contribution in [0.25, 0.3) is 89.5 Å². The van der Waals surface area contributed by atoms with Crippen molar-refractivity contribution in [2.75, 3.05) is 0 Å². The van der Waals surface area contributed by atoms with Gasteiger partial charge in [-0.05, 0) is 52.1 Å². The van der Waals surface area contributed by atoms with E-state index in [2.05, 4.69) is 97.1 Å². The number of benzene rings is 7. The summed E-state index contributed by atoms with van der Waals surface area (Å²) in [5.41, 5.74) is 11.4. The van der Waals surface area contributed by atoms with Crippen LogP contribution in [0.3, 0.4) is 0 Å². The second kappa shape index (κ2) is 12.2. The van der Waals surface area contributed by atoms with E-state index in [0.717, 1.165) is 49.8 Å². The lowest BCUT2D eigenvalue weighted by Gasteiger charge is -2.08. The molecule has 0 atom stereocenters. The van der Waals surface area contributed by atoms with Crippen molar-refractivity contribution in [3.05, 3.63) is 176 Å². The van der Waals surface area contributed by atoms with E-state index in [1.807, 2.05) is 78.9 Å². The lowest BCUT2D eigenvalue weighted by molar-refractivity contribution is 0.670. The highest BCUT2D eigenvalue weighted by Crippen LogP contribution is 2.38. The van der Waals surface area contributed by atoms with Gasteiger partial charge in [0.05, 0.1) is 0 Å². The van der Waals surface area contributed by atoms with E-state index in [1.165, 1.54) is 22.3 Å². The summed E-state index contributed by atoms with van der Waals surface area (Å²) in [6, 6.07) is 60.5. The molecule has 0 fully saturated rings. The summed E-state index contributed by atoms with van der Waals surface area (Å²) in [4.78, 5) is 14.7. The Labute approximate surface area is 284 Å². The molecule has 7 aromatic carbocycles. The van der Waals surface area contributed by atoms with Gasteiger partial charge in [-0.3, -0.25) is 0 Å². The van der Waals surface area contributed by atoms with E-state index in [0.29, 0.717) is 17.5 Å². The largest absolute Gasteiger partial charge is 0.455 e. The third-order valence-corrected chi connectivity index (χ3v) is 8.95. The van der Waals surface area contributed by atoms with E-state index in [4.69, 9.17) is 19.4 Å². The number of aromatic nitrogens is 3. The molecule has 0 spiro atoms. The van der Waals surface area contributed by atoms with Gasteiger partial charge in [0.25, 0.3) is 0 Å². The van der Waals surface area contributed by atoms with Gasteiger partial charge in [-0.25, -0.2) is 15.0 Å². The molecule has 2 aromatic heterocycles. The second-order valence-electron chi connectivity index (χ2n) is 12.1. The van der Waals surface area contributed by atoms with Gasteiger partial charge in [0.1, 0.15) is 11.2 Å². The van der Waals surface area contributed by atoms with E-state index in [1.54, 1.807) is 0 Å². The molecular weight excluding hydrogens is 599 g/mol. The Morgan fingerprint density at radius 3 is 1.39 bits per heavy atom. The van der Waals surface area contributed by atoms with Crippen molar-refractivity contribution >= 4 is 21.9 Å². The van der Waals surface area contributed by atoms with Crippen LogP contribution in [0.4, 0.5) is 0 Å². The average molecular weight is 628 g/mol. The molecule has 9 aromatic rings. The monoisotopic (exact) mass is 627 g/mol. The van der Waals surface area contributed by atoms with Crippen LogP contribution in [-0.4, -0.2) is 15.0 Å².